The lowest BCUT2D eigenvalue weighted by molar-refractivity contribution is 0.593. The number of hydrogen-bond donors (Lipinski definition) is 2. The van der Waals surface area contributed by atoms with Crippen LogP contribution in [0.1, 0.15) is 13.8 Å². The first-order valence-electron chi connectivity index (χ1n) is 5.42. The second kappa shape index (κ2) is 4.41. The molecule has 0 aliphatic carbocycles. The first-order chi connectivity index (χ1) is 8.42. The molecule has 0 fully saturated rings. The molecule has 2 rings (SSSR count). The van der Waals surface area contributed by atoms with Crippen LogP contribution < -0.4 is 10.5 Å². The Morgan fingerprint density at radius 2 is 1.89 bits per heavy atom. The molecule has 0 unspecified atom stereocenters. The first kappa shape index (κ1) is 12.6. The van der Waals surface area contributed by atoms with Crippen LogP contribution in [0.25, 0.3) is 11.0 Å². The van der Waals surface area contributed by atoms with E-state index < -0.39 is 15.3 Å². The average Bonchev–Trinajstić information content (AvgIpc) is 2.32. The van der Waals surface area contributed by atoms with Crippen molar-refractivity contribution in [2.75, 3.05) is 10.5 Å². The molecule has 2 aromatic rings. The summed E-state index contributed by atoms with van der Waals surface area (Å²) >= 11 is 0. The number of hydrogen-bond acceptors (Lipinski definition) is 5. The van der Waals surface area contributed by atoms with E-state index in [4.69, 9.17) is 5.73 Å². The molecule has 0 bridgehead atoms. The highest BCUT2D eigenvalue weighted by Gasteiger charge is 2.19. The smallest absolute Gasteiger partial charge is 0.235 e. The number of aromatic nitrogens is 2. The molecule has 1 aromatic carbocycles. The van der Waals surface area contributed by atoms with Crippen molar-refractivity contribution >= 4 is 32.4 Å². The Morgan fingerprint density at radius 3 is 2.56 bits per heavy atom. The number of sulfonamides is 1. The van der Waals surface area contributed by atoms with E-state index in [0.717, 1.165) is 0 Å². The van der Waals surface area contributed by atoms with E-state index in [1.807, 2.05) is 0 Å². The number of nitrogens with two attached hydrogens (primary N) is 1. The third-order valence-corrected chi connectivity index (χ3v) is 4.27. The van der Waals surface area contributed by atoms with Gasteiger partial charge in [-0.25, -0.2) is 8.42 Å². The summed E-state index contributed by atoms with van der Waals surface area (Å²) in [6.07, 6.45) is 3.04. The van der Waals surface area contributed by atoms with E-state index in [0.29, 0.717) is 16.7 Å². The average molecular weight is 266 g/mol. The van der Waals surface area contributed by atoms with E-state index in [1.54, 1.807) is 32.2 Å². The van der Waals surface area contributed by atoms with Crippen molar-refractivity contribution in [2.24, 2.45) is 0 Å². The van der Waals surface area contributed by atoms with Crippen molar-refractivity contribution in [3.05, 3.63) is 24.5 Å². The van der Waals surface area contributed by atoms with Gasteiger partial charge >= 0.3 is 0 Å². The third-order valence-electron chi connectivity index (χ3n) is 2.54. The predicted octanol–water partition coefficient (Wildman–Crippen LogP) is 1.36. The van der Waals surface area contributed by atoms with Gasteiger partial charge in [0, 0.05) is 12.4 Å². The van der Waals surface area contributed by atoms with Crippen LogP contribution in [0.5, 0.6) is 0 Å². The van der Waals surface area contributed by atoms with Crippen molar-refractivity contribution < 1.29 is 8.42 Å². The van der Waals surface area contributed by atoms with Gasteiger partial charge in [0.1, 0.15) is 5.52 Å². The molecule has 1 heterocycles. The first-order valence-corrected chi connectivity index (χ1v) is 6.97. The van der Waals surface area contributed by atoms with Crippen LogP contribution in [-0.4, -0.2) is 23.6 Å². The number of nitrogens with zero attached hydrogens (tertiary/aromatic N) is 2. The molecule has 96 valence electrons. The fourth-order valence-electron chi connectivity index (χ4n) is 1.42. The van der Waals surface area contributed by atoms with Gasteiger partial charge in [0.05, 0.1) is 22.1 Å². The van der Waals surface area contributed by atoms with Crippen molar-refractivity contribution in [1.29, 1.82) is 0 Å². The van der Waals surface area contributed by atoms with Crippen LogP contribution in [0.3, 0.4) is 0 Å². The molecule has 0 saturated carbocycles. The Morgan fingerprint density at radius 1 is 1.22 bits per heavy atom. The minimum Gasteiger partial charge on any atom is -0.397 e. The van der Waals surface area contributed by atoms with Gasteiger partial charge in [-0.05, 0) is 26.0 Å². The number of nitrogens with one attached hydrogen (secondary N) is 1. The van der Waals surface area contributed by atoms with Crippen molar-refractivity contribution in [3.8, 4) is 0 Å². The SMILES string of the molecule is CC(C)S(=O)(=O)Nc1c(N)ccc2nccnc12. The molecule has 7 heteroatoms. The normalized spacial score (nSPS) is 11.9. The highest BCUT2D eigenvalue weighted by atomic mass is 32.2. The zero-order valence-electron chi connectivity index (χ0n) is 10.1. The second-order valence-electron chi connectivity index (χ2n) is 4.15. The summed E-state index contributed by atoms with van der Waals surface area (Å²) < 4.78 is 26.2. The molecular formula is C11H14N4O2S. The Balaban J connectivity index is 2.60. The minimum atomic E-state index is -3.46. The summed E-state index contributed by atoms with van der Waals surface area (Å²) in [4.78, 5) is 8.22. The van der Waals surface area contributed by atoms with Gasteiger partial charge in [0.15, 0.2) is 0 Å². The Kier molecular flexibility index (Phi) is 3.08. The molecule has 6 nitrogen and oxygen atoms in total. The third kappa shape index (κ3) is 2.21. The molecule has 1 aromatic heterocycles. The second-order valence-corrected chi connectivity index (χ2v) is 6.39. The molecule has 0 aliphatic rings. The van der Waals surface area contributed by atoms with Crippen molar-refractivity contribution in [3.63, 3.8) is 0 Å². The van der Waals surface area contributed by atoms with Crippen LogP contribution in [-0.2, 0) is 10.0 Å². The molecule has 0 amide bonds. The van der Waals surface area contributed by atoms with Crippen LogP contribution >= 0.6 is 0 Å². The maximum Gasteiger partial charge on any atom is 0.235 e. The molecule has 0 aliphatic heterocycles. The maximum absolute atomic E-state index is 11.9. The van der Waals surface area contributed by atoms with Gasteiger partial charge in [-0.15, -0.1) is 0 Å². The van der Waals surface area contributed by atoms with Gasteiger partial charge in [-0.1, -0.05) is 0 Å². The fourth-order valence-corrected chi connectivity index (χ4v) is 2.15. The van der Waals surface area contributed by atoms with Crippen molar-refractivity contribution in [2.45, 2.75) is 19.1 Å². The number of nitrogen functional groups attached to an aromatic ring is 1. The van der Waals surface area contributed by atoms with E-state index in [9.17, 15) is 8.42 Å². The monoisotopic (exact) mass is 266 g/mol. The van der Waals surface area contributed by atoms with Gasteiger partial charge < -0.3 is 5.73 Å². The lowest BCUT2D eigenvalue weighted by Gasteiger charge is -2.13. The Labute approximate surface area is 105 Å². The Hall–Kier alpha value is -1.89. The molecule has 0 atom stereocenters. The minimum absolute atomic E-state index is 0.286. The maximum atomic E-state index is 11.9. The van der Waals surface area contributed by atoms with E-state index in [2.05, 4.69) is 14.7 Å². The van der Waals surface area contributed by atoms with Crippen LogP contribution in [0.2, 0.25) is 0 Å². The summed E-state index contributed by atoms with van der Waals surface area (Å²) in [5, 5.41) is -0.552. The lowest BCUT2D eigenvalue weighted by Crippen LogP contribution is -2.23. The van der Waals surface area contributed by atoms with Gasteiger partial charge in [0.2, 0.25) is 10.0 Å². The van der Waals surface area contributed by atoms with E-state index in [-0.39, 0.29) is 5.69 Å². The van der Waals surface area contributed by atoms with Gasteiger partial charge in [-0.2, -0.15) is 0 Å². The molecule has 0 radical (unpaired) electrons. The zero-order valence-corrected chi connectivity index (χ0v) is 10.9. The quantitative estimate of drug-likeness (QED) is 0.817. The molecule has 0 spiro atoms. The lowest BCUT2D eigenvalue weighted by atomic mass is 10.2. The van der Waals surface area contributed by atoms with E-state index >= 15 is 0 Å². The molecule has 18 heavy (non-hydrogen) atoms. The summed E-state index contributed by atoms with van der Waals surface area (Å²) in [5.41, 5.74) is 7.45. The standard InChI is InChI=1S/C11H14N4O2S/c1-7(2)18(16,17)15-10-8(12)3-4-9-11(10)14-6-5-13-9/h3-7,15H,12H2,1-2H3. The summed E-state index contributed by atoms with van der Waals surface area (Å²) in [5.74, 6) is 0. The summed E-state index contributed by atoms with van der Waals surface area (Å²) in [6.45, 7) is 3.19. The van der Waals surface area contributed by atoms with E-state index in [1.165, 1.54) is 6.20 Å². The highest BCUT2D eigenvalue weighted by molar-refractivity contribution is 7.93. The fraction of sp³-hybridized carbons (Fsp3) is 0.273. The van der Waals surface area contributed by atoms with Crippen molar-refractivity contribution in [1.82, 2.24) is 9.97 Å². The molecule has 0 saturated heterocycles. The highest BCUT2D eigenvalue weighted by Crippen LogP contribution is 2.28. The zero-order chi connectivity index (χ0) is 13.3. The van der Waals surface area contributed by atoms with Gasteiger partial charge in [-0.3, -0.25) is 14.7 Å². The summed E-state index contributed by atoms with van der Waals surface area (Å²) in [6, 6.07) is 3.31. The number of benzene rings is 1. The van der Waals surface area contributed by atoms with Crippen LogP contribution in [0.15, 0.2) is 24.5 Å². The topological polar surface area (TPSA) is 98.0 Å². The van der Waals surface area contributed by atoms with Gasteiger partial charge in [0.25, 0.3) is 0 Å². The van der Waals surface area contributed by atoms with Crippen LogP contribution in [0, 0.1) is 0 Å². The predicted molar refractivity (Wildman–Crippen MR) is 71.6 cm³/mol. The number of fused-ring (bicyclic) bond motifs is 1. The largest absolute Gasteiger partial charge is 0.397 e. The number of anilines is 2. The molecular weight excluding hydrogens is 252 g/mol. The Bertz CT molecular complexity index is 683. The number of rotatable bonds is 3. The summed E-state index contributed by atoms with van der Waals surface area (Å²) in [7, 11) is -3.46. The molecule has 3 N–H and O–H groups in total. The van der Waals surface area contributed by atoms with Crippen LogP contribution in [0.4, 0.5) is 11.4 Å².